The lowest BCUT2D eigenvalue weighted by atomic mass is 9.93. The third-order valence-corrected chi connectivity index (χ3v) is 4.36. The lowest BCUT2D eigenvalue weighted by Crippen LogP contribution is -2.22. The Bertz CT molecular complexity index is 540. The second kappa shape index (κ2) is 9.49. The SMILES string of the molecule is NC1CCCCC1.O=C(Cl)C(c1ccccc1)c1ccccc1. The van der Waals surface area contributed by atoms with Crippen LogP contribution in [0.5, 0.6) is 0 Å². The molecular weight excluding hydrogens is 306 g/mol. The summed E-state index contributed by atoms with van der Waals surface area (Å²) in [5, 5.41) is -0.350. The zero-order valence-corrected chi connectivity index (χ0v) is 14.1. The van der Waals surface area contributed by atoms with Gasteiger partial charge in [-0.3, -0.25) is 4.79 Å². The van der Waals surface area contributed by atoms with Crippen LogP contribution in [0, 0.1) is 0 Å². The lowest BCUT2D eigenvalue weighted by Gasteiger charge is -2.15. The normalized spacial score (nSPS) is 14.9. The molecule has 0 atom stereocenters. The van der Waals surface area contributed by atoms with Crippen LogP contribution in [0.4, 0.5) is 0 Å². The van der Waals surface area contributed by atoms with Gasteiger partial charge in [-0.2, -0.15) is 0 Å². The highest BCUT2D eigenvalue weighted by atomic mass is 35.5. The molecule has 0 heterocycles. The average molecular weight is 330 g/mol. The summed E-state index contributed by atoms with van der Waals surface area (Å²) in [5.74, 6) is -0.371. The number of hydrogen-bond donors (Lipinski definition) is 1. The fourth-order valence-electron chi connectivity index (χ4n) is 2.88. The highest BCUT2D eigenvalue weighted by Crippen LogP contribution is 2.26. The van der Waals surface area contributed by atoms with Crippen LogP contribution in [0.25, 0.3) is 0 Å². The van der Waals surface area contributed by atoms with Gasteiger partial charge in [0.2, 0.25) is 5.24 Å². The second-order valence-electron chi connectivity index (χ2n) is 5.96. The molecule has 2 aromatic rings. The van der Waals surface area contributed by atoms with Crippen molar-refractivity contribution < 1.29 is 4.79 Å². The van der Waals surface area contributed by atoms with Crippen molar-refractivity contribution in [2.24, 2.45) is 5.73 Å². The molecule has 1 saturated carbocycles. The van der Waals surface area contributed by atoms with Gasteiger partial charge in [0.05, 0.1) is 5.92 Å². The standard InChI is InChI=1S/C14H11ClO.C6H13N/c15-14(16)13(11-7-3-1-4-8-11)12-9-5-2-6-10-12;7-6-4-2-1-3-5-6/h1-10,13H;6H,1-5,7H2. The molecule has 23 heavy (non-hydrogen) atoms. The van der Waals surface area contributed by atoms with Crippen LogP contribution in [-0.4, -0.2) is 11.3 Å². The molecule has 0 aromatic heterocycles. The number of nitrogens with two attached hydrogens (primary N) is 1. The first-order chi connectivity index (χ1) is 11.2. The monoisotopic (exact) mass is 329 g/mol. The third kappa shape index (κ3) is 5.81. The molecule has 1 aliphatic rings. The van der Waals surface area contributed by atoms with Gasteiger partial charge in [-0.15, -0.1) is 0 Å². The maximum Gasteiger partial charge on any atom is 0.233 e. The van der Waals surface area contributed by atoms with Crippen molar-refractivity contribution in [3.05, 3.63) is 71.8 Å². The Kier molecular flexibility index (Phi) is 7.31. The van der Waals surface area contributed by atoms with Gasteiger partial charge in [-0.1, -0.05) is 79.9 Å². The van der Waals surface area contributed by atoms with Crippen molar-refractivity contribution >= 4 is 16.8 Å². The molecular formula is C20H24ClNO. The highest BCUT2D eigenvalue weighted by molar-refractivity contribution is 6.65. The molecule has 0 aliphatic heterocycles. The number of benzene rings is 2. The van der Waals surface area contributed by atoms with E-state index in [9.17, 15) is 4.79 Å². The van der Waals surface area contributed by atoms with Gasteiger partial charge in [-0.25, -0.2) is 0 Å². The summed E-state index contributed by atoms with van der Waals surface area (Å²) in [7, 11) is 0. The maximum absolute atomic E-state index is 11.5. The molecule has 0 spiro atoms. The third-order valence-electron chi connectivity index (χ3n) is 4.14. The van der Waals surface area contributed by atoms with E-state index in [0.29, 0.717) is 6.04 Å². The first-order valence-corrected chi connectivity index (χ1v) is 8.61. The van der Waals surface area contributed by atoms with Gasteiger partial charge in [0.25, 0.3) is 0 Å². The Hall–Kier alpha value is -1.64. The van der Waals surface area contributed by atoms with Crippen molar-refractivity contribution in [1.82, 2.24) is 0 Å². The van der Waals surface area contributed by atoms with Crippen LogP contribution in [0.2, 0.25) is 0 Å². The predicted molar refractivity (Wildman–Crippen MR) is 96.6 cm³/mol. The largest absolute Gasteiger partial charge is 0.328 e. The molecule has 0 amide bonds. The molecule has 3 heteroatoms. The summed E-state index contributed by atoms with van der Waals surface area (Å²) in [5.41, 5.74) is 7.48. The zero-order chi connectivity index (χ0) is 16.5. The molecule has 2 aromatic carbocycles. The van der Waals surface area contributed by atoms with E-state index in [1.807, 2.05) is 60.7 Å². The van der Waals surface area contributed by atoms with Gasteiger partial charge in [0.15, 0.2) is 0 Å². The zero-order valence-electron chi connectivity index (χ0n) is 13.3. The van der Waals surface area contributed by atoms with E-state index in [4.69, 9.17) is 17.3 Å². The summed E-state index contributed by atoms with van der Waals surface area (Å²) in [6.45, 7) is 0. The average Bonchev–Trinajstić information content (AvgIpc) is 2.58. The summed E-state index contributed by atoms with van der Waals surface area (Å²) >= 11 is 5.67. The van der Waals surface area contributed by atoms with E-state index < -0.39 is 0 Å². The fraction of sp³-hybridized carbons (Fsp3) is 0.350. The van der Waals surface area contributed by atoms with E-state index >= 15 is 0 Å². The minimum absolute atomic E-state index is 0.350. The van der Waals surface area contributed by atoms with Crippen molar-refractivity contribution in [1.29, 1.82) is 0 Å². The lowest BCUT2D eigenvalue weighted by molar-refractivity contribution is -0.112. The fourth-order valence-corrected chi connectivity index (χ4v) is 3.13. The van der Waals surface area contributed by atoms with Crippen molar-refractivity contribution in [2.45, 2.75) is 44.1 Å². The minimum Gasteiger partial charge on any atom is -0.328 e. The van der Waals surface area contributed by atoms with E-state index in [1.54, 1.807) is 0 Å². The van der Waals surface area contributed by atoms with Crippen LogP contribution in [0.3, 0.4) is 0 Å². The van der Waals surface area contributed by atoms with E-state index in [1.165, 1.54) is 32.1 Å². The summed E-state index contributed by atoms with van der Waals surface area (Å²) in [4.78, 5) is 11.5. The van der Waals surface area contributed by atoms with Crippen LogP contribution < -0.4 is 5.73 Å². The molecule has 1 aliphatic carbocycles. The topological polar surface area (TPSA) is 43.1 Å². The molecule has 1 fully saturated rings. The van der Waals surface area contributed by atoms with Crippen molar-refractivity contribution in [2.75, 3.05) is 0 Å². The summed E-state index contributed by atoms with van der Waals surface area (Å²) in [6.07, 6.45) is 6.66. The maximum atomic E-state index is 11.5. The van der Waals surface area contributed by atoms with Crippen molar-refractivity contribution in [3.63, 3.8) is 0 Å². The van der Waals surface area contributed by atoms with Gasteiger partial charge in [0, 0.05) is 6.04 Å². The molecule has 122 valence electrons. The Morgan fingerprint density at radius 2 is 1.30 bits per heavy atom. The first kappa shape index (κ1) is 17.7. The van der Waals surface area contributed by atoms with Gasteiger partial charge in [0.1, 0.15) is 0 Å². The van der Waals surface area contributed by atoms with Crippen LogP contribution >= 0.6 is 11.6 Å². The smallest absolute Gasteiger partial charge is 0.233 e. The van der Waals surface area contributed by atoms with Crippen LogP contribution in [-0.2, 0) is 4.79 Å². The minimum atomic E-state index is -0.371. The summed E-state index contributed by atoms with van der Waals surface area (Å²) in [6, 6.07) is 19.7. The Morgan fingerprint density at radius 3 is 1.61 bits per heavy atom. The van der Waals surface area contributed by atoms with E-state index in [2.05, 4.69) is 0 Å². The molecule has 0 unspecified atom stereocenters. The van der Waals surface area contributed by atoms with Gasteiger partial charge >= 0.3 is 0 Å². The Labute approximate surface area is 143 Å². The number of hydrogen-bond acceptors (Lipinski definition) is 2. The van der Waals surface area contributed by atoms with E-state index in [0.717, 1.165) is 11.1 Å². The van der Waals surface area contributed by atoms with Crippen LogP contribution in [0.1, 0.15) is 49.1 Å². The van der Waals surface area contributed by atoms with Crippen LogP contribution in [0.15, 0.2) is 60.7 Å². The van der Waals surface area contributed by atoms with E-state index in [-0.39, 0.29) is 11.2 Å². The number of rotatable bonds is 3. The predicted octanol–water partition coefficient (Wildman–Crippen LogP) is 4.86. The Morgan fingerprint density at radius 1 is 0.870 bits per heavy atom. The molecule has 2 N–H and O–H groups in total. The van der Waals surface area contributed by atoms with Gasteiger partial charge in [-0.05, 0) is 35.6 Å². The van der Waals surface area contributed by atoms with Gasteiger partial charge < -0.3 is 5.73 Å². The molecule has 0 saturated heterocycles. The molecule has 2 nitrogen and oxygen atoms in total. The highest BCUT2D eigenvalue weighted by Gasteiger charge is 2.20. The second-order valence-corrected chi connectivity index (χ2v) is 6.33. The molecule has 0 bridgehead atoms. The quantitative estimate of drug-likeness (QED) is 0.817. The van der Waals surface area contributed by atoms with Crippen molar-refractivity contribution in [3.8, 4) is 0 Å². The first-order valence-electron chi connectivity index (χ1n) is 8.23. The number of halogens is 1. The molecule has 0 radical (unpaired) electrons. The summed E-state index contributed by atoms with van der Waals surface area (Å²) < 4.78 is 0. The number of carbonyl (C=O) groups excluding carboxylic acids is 1. The molecule has 3 rings (SSSR count). The number of carbonyl (C=O) groups is 1. The Balaban J connectivity index is 0.000000229.